The first kappa shape index (κ1) is 20.7. The fourth-order valence-electron chi connectivity index (χ4n) is 5.81. The molecule has 4 heterocycles. The van der Waals surface area contributed by atoms with Gasteiger partial charge in [0.25, 0.3) is 5.91 Å². The highest BCUT2D eigenvalue weighted by Gasteiger charge is 2.50. The lowest BCUT2D eigenvalue weighted by atomic mass is 9.66. The summed E-state index contributed by atoms with van der Waals surface area (Å²) >= 11 is 0. The van der Waals surface area contributed by atoms with Crippen molar-refractivity contribution in [2.75, 3.05) is 26.7 Å². The van der Waals surface area contributed by atoms with E-state index in [2.05, 4.69) is 46.0 Å². The first-order chi connectivity index (χ1) is 15.1. The Morgan fingerprint density at radius 2 is 2.13 bits per heavy atom. The fraction of sp³-hybridized carbons (Fsp3) is 0.478. The molecule has 0 spiro atoms. The Labute approximate surface area is 183 Å². The van der Waals surface area contributed by atoms with Gasteiger partial charge in [0.05, 0.1) is 11.6 Å². The molecule has 0 radical (unpaired) electrons. The van der Waals surface area contributed by atoms with Gasteiger partial charge in [-0.25, -0.2) is 4.79 Å². The van der Waals surface area contributed by atoms with Crippen LogP contribution in [-0.4, -0.2) is 48.1 Å². The Morgan fingerprint density at radius 1 is 1.29 bits per heavy atom. The summed E-state index contributed by atoms with van der Waals surface area (Å²) in [6.07, 6.45) is 6.37. The molecule has 1 aromatic heterocycles. The third-order valence-corrected chi connectivity index (χ3v) is 7.59. The van der Waals surface area contributed by atoms with Crippen LogP contribution in [-0.2, 0) is 25.1 Å². The van der Waals surface area contributed by atoms with E-state index in [0.717, 1.165) is 44.3 Å². The van der Waals surface area contributed by atoms with Crippen LogP contribution in [0.5, 0.6) is 0 Å². The molecule has 2 aromatic rings. The summed E-state index contributed by atoms with van der Waals surface area (Å²) in [4.78, 5) is 27.9. The molecule has 0 bridgehead atoms. The van der Waals surface area contributed by atoms with Gasteiger partial charge in [0.15, 0.2) is 0 Å². The number of amides is 1. The summed E-state index contributed by atoms with van der Waals surface area (Å²) in [5.41, 5.74) is 4.26. The van der Waals surface area contributed by atoms with Crippen molar-refractivity contribution in [2.24, 2.45) is 5.41 Å². The molecule has 0 saturated carbocycles. The zero-order valence-electron chi connectivity index (χ0n) is 17.9. The van der Waals surface area contributed by atoms with Gasteiger partial charge in [-0.15, -0.1) is 0 Å². The topological polar surface area (TPSA) is 72.8 Å². The van der Waals surface area contributed by atoms with E-state index in [4.69, 9.17) is 9.05 Å². The number of nitrogens with zero attached hydrogens (tertiary/aromatic N) is 2. The van der Waals surface area contributed by atoms with Crippen LogP contribution < -0.4 is 5.32 Å². The average molecular weight is 441 g/mol. The van der Waals surface area contributed by atoms with E-state index < -0.39 is 5.97 Å². The van der Waals surface area contributed by atoms with Crippen LogP contribution in [0.15, 0.2) is 30.3 Å². The summed E-state index contributed by atoms with van der Waals surface area (Å²) in [5, 5.41) is 4.01. The SMILES string of the molecule is CC[C@@]12C=C(C(=O)NCC(=O)OPOC)n3c4c(c5ccccc53)CCN(CCC1)[C@H]42. The summed E-state index contributed by atoms with van der Waals surface area (Å²) in [6, 6.07) is 8.65. The first-order valence-electron chi connectivity index (χ1n) is 10.9. The summed E-state index contributed by atoms with van der Waals surface area (Å²) < 4.78 is 11.9. The van der Waals surface area contributed by atoms with Crippen molar-refractivity contribution >= 4 is 37.5 Å². The zero-order chi connectivity index (χ0) is 21.6. The van der Waals surface area contributed by atoms with E-state index in [1.165, 1.54) is 23.8 Å². The highest BCUT2D eigenvalue weighted by Crippen LogP contribution is 2.56. The largest absolute Gasteiger partial charge is 0.418 e. The molecule has 1 saturated heterocycles. The molecular formula is C23H28N3O4P. The minimum Gasteiger partial charge on any atom is -0.418 e. The maximum absolute atomic E-state index is 13.4. The average Bonchev–Trinajstić information content (AvgIpc) is 3.15. The summed E-state index contributed by atoms with van der Waals surface area (Å²) in [6.45, 7) is 4.22. The fourth-order valence-corrected chi connectivity index (χ4v) is 6.06. The Hall–Kier alpha value is -2.21. The number of fused-ring (bicyclic) bond motifs is 3. The number of carbonyl (C=O) groups is 2. The molecule has 1 amide bonds. The molecule has 1 unspecified atom stereocenters. The molecule has 164 valence electrons. The van der Waals surface area contributed by atoms with Crippen LogP contribution >= 0.6 is 9.03 Å². The lowest BCUT2D eigenvalue weighted by molar-refractivity contribution is -0.134. The third kappa shape index (κ3) is 3.22. The van der Waals surface area contributed by atoms with Crippen LogP contribution in [0.3, 0.4) is 0 Å². The third-order valence-electron chi connectivity index (χ3n) is 7.11. The van der Waals surface area contributed by atoms with Crippen molar-refractivity contribution in [3.8, 4) is 0 Å². The molecule has 3 atom stereocenters. The predicted octanol–water partition coefficient (Wildman–Crippen LogP) is 3.40. The summed E-state index contributed by atoms with van der Waals surface area (Å²) in [7, 11) is 1.10. The minimum absolute atomic E-state index is 0.0671. The highest BCUT2D eigenvalue weighted by atomic mass is 31.1. The van der Waals surface area contributed by atoms with Crippen LogP contribution in [0.25, 0.3) is 16.6 Å². The van der Waals surface area contributed by atoms with Crippen molar-refractivity contribution in [1.29, 1.82) is 0 Å². The zero-order valence-corrected chi connectivity index (χ0v) is 18.9. The van der Waals surface area contributed by atoms with Crippen molar-refractivity contribution in [3.05, 3.63) is 41.6 Å². The van der Waals surface area contributed by atoms with Gasteiger partial charge in [0.1, 0.15) is 12.2 Å². The maximum atomic E-state index is 13.4. The standard InChI is InChI=1S/C23H28N3O4P/c1-3-23-10-6-11-25-12-9-16-15-7-4-5-8-17(15)26(20(16)21(23)25)18(13-23)22(28)24-14-19(27)30-31-29-2/h4-5,7-8,13,21,31H,3,6,9-12,14H2,1-2H3,(H,24,28)/t21-,23+/m1/s1. The van der Waals surface area contributed by atoms with Crippen molar-refractivity contribution in [2.45, 2.75) is 38.6 Å². The van der Waals surface area contributed by atoms with Gasteiger partial charge in [0.2, 0.25) is 9.03 Å². The number of piperidine rings is 1. The number of rotatable bonds is 6. The molecule has 1 N–H and O–H groups in total. The molecule has 1 aromatic carbocycles. The monoisotopic (exact) mass is 441 g/mol. The first-order valence-corrected chi connectivity index (χ1v) is 11.8. The number of para-hydroxylation sites is 1. The Morgan fingerprint density at radius 3 is 2.94 bits per heavy atom. The van der Waals surface area contributed by atoms with Crippen LogP contribution in [0.2, 0.25) is 0 Å². The van der Waals surface area contributed by atoms with Crippen LogP contribution in [0, 0.1) is 5.41 Å². The Kier molecular flexibility index (Phi) is 5.37. The van der Waals surface area contributed by atoms with Crippen LogP contribution in [0.4, 0.5) is 0 Å². The van der Waals surface area contributed by atoms with Gasteiger partial charge in [-0.1, -0.05) is 25.1 Å². The predicted molar refractivity (Wildman–Crippen MR) is 121 cm³/mol. The smallest absolute Gasteiger partial charge is 0.329 e. The molecule has 3 aliphatic rings. The molecule has 8 heteroatoms. The van der Waals surface area contributed by atoms with E-state index in [1.54, 1.807) is 0 Å². The van der Waals surface area contributed by atoms with Crippen molar-refractivity contribution in [3.63, 3.8) is 0 Å². The quantitative estimate of drug-likeness (QED) is 0.696. The number of carbonyl (C=O) groups excluding carboxylic acids is 2. The highest BCUT2D eigenvalue weighted by molar-refractivity contribution is 7.26. The molecular weight excluding hydrogens is 413 g/mol. The van der Waals surface area contributed by atoms with E-state index in [1.807, 2.05) is 6.07 Å². The molecule has 3 aliphatic heterocycles. The summed E-state index contributed by atoms with van der Waals surface area (Å²) in [5.74, 6) is -0.744. The number of nitrogens with one attached hydrogen (secondary N) is 1. The van der Waals surface area contributed by atoms with Gasteiger partial charge in [0, 0.05) is 30.1 Å². The molecule has 7 nitrogen and oxygen atoms in total. The van der Waals surface area contributed by atoms with Gasteiger partial charge < -0.3 is 18.9 Å². The molecule has 5 rings (SSSR count). The van der Waals surface area contributed by atoms with Gasteiger partial charge in [-0.2, -0.15) is 0 Å². The molecule has 31 heavy (non-hydrogen) atoms. The van der Waals surface area contributed by atoms with E-state index >= 15 is 0 Å². The second kappa shape index (κ2) is 8.05. The minimum atomic E-state index is -0.503. The second-order valence-corrected chi connectivity index (χ2v) is 9.35. The van der Waals surface area contributed by atoms with E-state index in [9.17, 15) is 9.59 Å². The number of benzene rings is 1. The van der Waals surface area contributed by atoms with Gasteiger partial charge >= 0.3 is 5.97 Å². The Bertz CT molecular complexity index is 1080. The second-order valence-electron chi connectivity index (χ2n) is 8.57. The molecule has 1 fully saturated rings. The number of aromatic nitrogens is 1. The van der Waals surface area contributed by atoms with E-state index in [0.29, 0.717) is 11.7 Å². The Balaban J connectivity index is 1.60. The van der Waals surface area contributed by atoms with Gasteiger partial charge in [-0.05, 0) is 49.9 Å². The van der Waals surface area contributed by atoms with Crippen molar-refractivity contribution < 1.29 is 18.6 Å². The van der Waals surface area contributed by atoms with E-state index in [-0.39, 0.29) is 26.9 Å². The van der Waals surface area contributed by atoms with Gasteiger partial charge in [-0.3, -0.25) is 9.69 Å². The van der Waals surface area contributed by atoms with Crippen molar-refractivity contribution in [1.82, 2.24) is 14.8 Å². The lowest BCUT2D eigenvalue weighted by Crippen LogP contribution is -2.51. The molecule has 0 aliphatic carbocycles. The number of hydrogen-bond donors (Lipinski definition) is 1. The van der Waals surface area contributed by atoms with Crippen LogP contribution in [0.1, 0.15) is 43.5 Å². The normalized spacial score (nSPS) is 24.8. The maximum Gasteiger partial charge on any atom is 0.329 e. The lowest BCUT2D eigenvalue weighted by Gasteiger charge is -2.53. The number of hydrogen-bond acceptors (Lipinski definition) is 5.